The van der Waals surface area contributed by atoms with Gasteiger partial charge in [0.1, 0.15) is 0 Å². The van der Waals surface area contributed by atoms with Gasteiger partial charge < -0.3 is 14.7 Å². The molecule has 0 N–H and O–H groups in total. The van der Waals surface area contributed by atoms with Gasteiger partial charge in [-0.3, -0.25) is 4.79 Å². The third-order valence-corrected chi connectivity index (χ3v) is 4.58. The van der Waals surface area contributed by atoms with Crippen LogP contribution in [-0.2, 0) is 4.79 Å². The molecule has 0 bridgehead atoms. The Labute approximate surface area is 117 Å². The Morgan fingerprint density at radius 3 is 2.11 bits per heavy atom. The van der Waals surface area contributed by atoms with Crippen molar-refractivity contribution in [3.05, 3.63) is 0 Å². The Bertz CT molecular complexity index is 279. The third-order valence-electron chi connectivity index (χ3n) is 4.58. The van der Waals surface area contributed by atoms with E-state index in [9.17, 15) is 4.79 Å². The van der Waals surface area contributed by atoms with E-state index < -0.39 is 0 Å². The minimum atomic E-state index is 0.242. The van der Waals surface area contributed by atoms with Crippen LogP contribution >= 0.6 is 0 Å². The first kappa shape index (κ1) is 14.8. The van der Waals surface area contributed by atoms with Gasteiger partial charge in [-0.05, 0) is 31.7 Å². The lowest BCUT2D eigenvalue weighted by molar-refractivity contribution is -0.130. The monoisotopic (exact) mass is 267 g/mol. The smallest absolute Gasteiger partial charge is 0.219 e. The minimum Gasteiger partial charge on any atom is -0.343 e. The van der Waals surface area contributed by atoms with Gasteiger partial charge in [0.2, 0.25) is 5.91 Å². The van der Waals surface area contributed by atoms with E-state index in [1.807, 2.05) is 4.90 Å². The van der Waals surface area contributed by atoms with Gasteiger partial charge in [0.15, 0.2) is 0 Å². The number of likely N-dealkylation sites (tertiary alicyclic amines) is 1. The van der Waals surface area contributed by atoms with Gasteiger partial charge in [-0.1, -0.05) is 6.92 Å². The highest BCUT2D eigenvalue weighted by Gasteiger charge is 2.24. The molecule has 0 atom stereocenters. The lowest BCUT2D eigenvalue weighted by Crippen LogP contribution is -2.49. The van der Waals surface area contributed by atoms with Crippen molar-refractivity contribution in [3.8, 4) is 0 Å². The second-order valence-electron chi connectivity index (χ2n) is 6.09. The summed E-state index contributed by atoms with van der Waals surface area (Å²) in [5.41, 5.74) is 0. The second-order valence-corrected chi connectivity index (χ2v) is 6.09. The van der Waals surface area contributed by atoms with Crippen molar-refractivity contribution in [2.45, 2.75) is 33.1 Å². The number of nitrogens with zero attached hydrogens (tertiary/aromatic N) is 3. The van der Waals surface area contributed by atoms with Crippen molar-refractivity contribution in [1.29, 1.82) is 0 Å². The van der Waals surface area contributed by atoms with Crippen LogP contribution in [0.3, 0.4) is 0 Å². The summed E-state index contributed by atoms with van der Waals surface area (Å²) in [4.78, 5) is 18.5. The topological polar surface area (TPSA) is 26.8 Å². The fourth-order valence-electron chi connectivity index (χ4n) is 3.31. The van der Waals surface area contributed by atoms with E-state index >= 15 is 0 Å². The molecule has 110 valence electrons. The first-order valence-corrected chi connectivity index (χ1v) is 7.89. The quantitative estimate of drug-likeness (QED) is 0.767. The molecule has 2 heterocycles. The molecule has 0 aliphatic carbocycles. The molecule has 2 aliphatic heterocycles. The predicted molar refractivity (Wildman–Crippen MR) is 78.1 cm³/mol. The van der Waals surface area contributed by atoms with Gasteiger partial charge in [0.25, 0.3) is 0 Å². The fraction of sp³-hybridized carbons (Fsp3) is 0.933. The lowest BCUT2D eigenvalue weighted by atomic mass is 9.96. The summed E-state index contributed by atoms with van der Waals surface area (Å²) < 4.78 is 0. The van der Waals surface area contributed by atoms with E-state index in [0.29, 0.717) is 0 Å². The molecule has 19 heavy (non-hydrogen) atoms. The number of piperidine rings is 1. The molecule has 0 saturated carbocycles. The maximum absolute atomic E-state index is 11.3. The minimum absolute atomic E-state index is 0.242. The maximum atomic E-state index is 11.3. The van der Waals surface area contributed by atoms with E-state index in [1.165, 1.54) is 58.5 Å². The molecular formula is C15H29N3O. The molecule has 2 rings (SSSR count). The molecular weight excluding hydrogens is 238 g/mol. The van der Waals surface area contributed by atoms with Crippen LogP contribution in [0.1, 0.15) is 33.1 Å². The van der Waals surface area contributed by atoms with Crippen LogP contribution in [0.4, 0.5) is 0 Å². The molecule has 0 aromatic heterocycles. The van der Waals surface area contributed by atoms with Crippen LogP contribution in [0, 0.1) is 5.92 Å². The largest absolute Gasteiger partial charge is 0.343 e. The van der Waals surface area contributed by atoms with Gasteiger partial charge in [-0.15, -0.1) is 0 Å². The standard InChI is InChI=1S/C15H29N3O/c1-3-6-16-9-11-17(12-10-16)13-15-4-7-18(8-5-15)14(2)19/h15H,3-13H2,1-2H3. The van der Waals surface area contributed by atoms with Crippen molar-refractivity contribution < 1.29 is 4.79 Å². The molecule has 2 saturated heterocycles. The first-order chi connectivity index (χ1) is 9.19. The Morgan fingerprint density at radius 1 is 1.00 bits per heavy atom. The summed E-state index contributed by atoms with van der Waals surface area (Å²) in [5.74, 6) is 1.04. The summed E-state index contributed by atoms with van der Waals surface area (Å²) in [5, 5.41) is 0. The molecule has 0 aromatic carbocycles. The number of piperazine rings is 1. The number of carbonyl (C=O) groups excluding carboxylic acids is 1. The molecule has 2 fully saturated rings. The lowest BCUT2D eigenvalue weighted by Gasteiger charge is -2.38. The highest BCUT2D eigenvalue weighted by Crippen LogP contribution is 2.19. The Hall–Kier alpha value is -0.610. The predicted octanol–water partition coefficient (Wildman–Crippen LogP) is 1.27. The normalized spacial score (nSPS) is 23.8. The SMILES string of the molecule is CCCN1CCN(CC2CCN(C(C)=O)CC2)CC1. The van der Waals surface area contributed by atoms with Crippen LogP contribution in [-0.4, -0.2) is 73.0 Å². The second kappa shape index (κ2) is 7.25. The molecule has 1 amide bonds. The van der Waals surface area contributed by atoms with E-state index in [2.05, 4.69) is 16.7 Å². The summed E-state index contributed by atoms with van der Waals surface area (Å²) in [6, 6.07) is 0. The van der Waals surface area contributed by atoms with Crippen molar-refractivity contribution in [2.75, 3.05) is 52.4 Å². The summed E-state index contributed by atoms with van der Waals surface area (Å²) in [6.45, 7) is 13.3. The Kier molecular flexibility index (Phi) is 5.64. The molecule has 0 spiro atoms. The summed E-state index contributed by atoms with van der Waals surface area (Å²) >= 11 is 0. The zero-order valence-electron chi connectivity index (χ0n) is 12.6. The highest BCUT2D eigenvalue weighted by molar-refractivity contribution is 5.73. The van der Waals surface area contributed by atoms with E-state index in [0.717, 1.165) is 19.0 Å². The van der Waals surface area contributed by atoms with E-state index in [4.69, 9.17) is 0 Å². The van der Waals surface area contributed by atoms with Gasteiger partial charge in [-0.25, -0.2) is 0 Å². The molecule has 4 heteroatoms. The average molecular weight is 267 g/mol. The van der Waals surface area contributed by atoms with Crippen molar-refractivity contribution >= 4 is 5.91 Å². The molecule has 4 nitrogen and oxygen atoms in total. The highest BCUT2D eigenvalue weighted by atomic mass is 16.2. The first-order valence-electron chi connectivity index (χ1n) is 7.89. The number of rotatable bonds is 4. The Morgan fingerprint density at radius 2 is 1.58 bits per heavy atom. The molecule has 0 aromatic rings. The van der Waals surface area contributed by atoms with Gasteiger partial charge >= 0.3 is 0 Å². The van der Waals surface area contributed by atoms with Crippen molar-refractivity contribution in [1.82, 2.24) is 14.7 Å². The van der Waals surface area contributed by atoms with Crippen molar-refractivity contribution in [3.63, 3.8) is 0 Å². The fourth-order valence-corrected chi connectivity index (χ4v) is 3.31. The van der Waals surface area contributed by atoms with E-state index in [-0.39, 0.29) is 5.91 Å². The number of amides is 1. The van der Waals surface area contributed by atoms with Crippen LogP contribution in [0.5, 0.6) is 0 Å². The number of hydrogen-bond donors (Lipinski definition) is 0. The van der Waals surface area contributed by atoms with Crippen molar-refractivity contribution in [2.24, 2.45) is 5.92 Å². The van der Waals surface area contributed by atoms with Gasteiger partial charge in [0.05, 0.1) is 0 Å². The average Bonchev–Trinajstić information content (AvgIpc) is 2.42. The zero-order valence-corrected chi connectivity index (χ0v) is 12.6. The molecule has 2 aliphatic rings. The van der Waals surface area contributed by atoms with Crippen LogP contribution in [0.15, 0.2) is 0 Å². The number of carbonyl (C=O) groups is 1. The summed E-state index contributed by atoms with van der Waals surface area (Å²) in [7, 11) is 0. The van der Waals surface area contributed by atoms with Gasteiger partial charge in [0, 0.05) is 52.7 Å². The third kappa shape index (κ3) is 4.46. The van der Waals surface area contributed by atoms with Crippen LogP contribution < -0.4 is 0 Å². The van der Waals surface area contributed by atoms with E-state index in [1.54, 1.807) is 6.92 Å². The zero-order chi connectivity index (χ0) is 13.7. The Balaban J connectivity index is 1.65. The van der Waals surface area contributed by atoms with Crippen LogP contribution in [0.2, 0.25) is 0 Å². The van der Waals surface area contributed by atoms with Gasteiger partial charge in [-0.2, -0.15) is 0 Å². The summed E-state index contributed by atoms with van der Waals surface area (Å²) in [6.07, 6.45) is 3.65. The number of hydrogen-bond acceptors (Lipinski definition) is 3. The van der Waals surface area contributed by atoms with Crippen LogP contribution in [0.25, 0.3) is 0 Å². The molecule has 0 unspecified atom stereocenters. The maximum Gasteiger partial charge on any atom is 0.219 e. The molecule has 0 radical (unpaired) electrons.